The summed E-state index contributed by atoms with van der Waals surface area (Å²) >= 11 is 0. The Labute approximate surface area is 115 Å². The van der Waals surface area contributed by atoms with Crippen molar-refractivity contribution in [3.8, 4) is 0 Å². The molecule has 1 fully saturated rings. The summed E-state index contributed by atoms with van der Waals surface area (Å²) in [6.07, 6.45) is 5.45. The van der Waals surface area contributed by atoms with Gasteiger partial charge in [0, 0.05) is 25.0 Å². The molecule has 1 amide bonds. The second-order valence-corrected chi connectivity index (χ2v) is 5.54. The summed E-state index contributed by atoms with van der Waals surface area (Å²) in [5.74, 6) is -0.729. The molecule has 0 bridgehead atoms. The van der Waals surface area contributed by atoms with E-state index in [1.54, 1.807) is 4.90 Å². The first-order valence-corrected chi connectivity index (χ1v) is 7.25. The van der Waals surface area contributed by atoms with Gasteiger partial charge in [-0.3, -0.25) is 9.59 Å². The van der Waals surface area contributed by atoms with Crippen LogP contribution in [-0.4, -0.2) is 47.1 Å². The van der Waals surface area contributed by atoms with Crippen molar-refractivity contribution in [1.82, 2.24) is 10.2 Å². The predicted molar refractivity (Wildman–Crippen MR) is 74.0 cm³/mol. The molecule has 5 nitrogen and oxygen atoms in total. The molecule has 0 spiro atoms. The number of nitrogens with zero attached hydrogens (tertiary/aromatic N) is 1. The second kappa shape index (κ2) is 8.15. The number of carboxylic acids is 1. The van der Waals surface area contributed by atoms with Gasteiger partial charge in [-0.1, -0.05) is 12.8 Å². The Balaban J connectivity index is 2.32. The van der Waals surface area contributed by atoms with Crippen LogP contribution in [0.1, 0.15) is 52.4 Å². The normalized spacial score (nSPS) is 15.9. The molecule has 0 unspecified atom stereocenters. The summed E-state index contributed by atoms with van der Waals surface area (Å²) in [7, 11) is 0. The van der Waals surface area contributed by atoms with Crippen LogP contribution in [0.25, 0.3) is 0 Å². The van der Waals surface area contributed by atoms with Crippen molar-refractivity contribution in [3.63, 3.8) is 0 Å². The number of aliphatic carboxylic acids is 1. The van der Waals surface area contributed by atoms with Crippen molar-refractivity contribution in [2.45, 2.75) is 64.5 Å². The first kappa shape index (κ1) is 16.0. The number of hydrogen-bond donors (Lipinski definition) is 2. The number of carboxylic acid groups (broad SMARTS) is 1. The first-order valence-electron chi connectivity index (χ1n) is 7.25. The molecule has 110 valence electrons. The van der Waals surface area contributed by atoms with Gasteiger partial charge in [0.25, 0.3) is 0 Å². The highest BCUT2D eigenvalue weighted by molar-refractivity contribution is 5.78. The highest BCUT2D eigenvalue weighted by atomic mass is 16.4. The third kappa shape index (κ3) is 6.05. The van der Waals surface area contributed by atoms with Gasteiger partial charge >= 0.3 is 5.97 Å². The Morgan fingerprint density at radius 1 is 1.32 bits per heavy atom. The number of nitrogens with one attached hydrogen (secondary N) is 1. The molecule has 1 aliphatic rings. The van der Waals surface area contributed by atoms with Crippen molar-refractivity contribution < 1.29 is 14.7 Å². The summed E-state index contributed by atoms with van der Waals surface area (Å²) in [6, 6.07) is 0.601. The van der Waals surface area contributed by atoms with Gasteiger partial charge < -0.3 is 15.3 Å². The minimum absolute atomic E-state index is 0.0762. The Morgan fingerprint density at radius 2 is 1.95 bits per heavy atom. The standard InChI is InChI=1S/C14H26N2O3/c1-11(2)16(9-5-8-14(18)19)13(17)10-15-12-6-3-4-7-12/h11-12,15H,3-10H2,1-2H3,(H,18,19). The Bertz CT molecular complexity index is 299. The Hall–Kier alpha value is -1.10. The second-order valence-electron chi connectivity index (χ2n) is 5.54. The fourth-order valence-electron chi connectivity index (χ4n) is 2.53. The molecule has 0 aromatic carbocycles. The molecule has 2 N–H and O–H groups in total. The highest BCUT2D eigenvalue weighted by Crippen LogP contribution is 2.17. The molecule has 1 rings (SSSR count). The van der Waals surface area contributed by atoms with Gasteiger partial charge in [-0.2, -0.15) is 0 Å². The van der Waals surface area contributed by atoms with Crippen LogP contribution in [-0.2, 0) is 9.59 Å². The maximum absolute atomic E-state index is 12.1. The summed E-state index contributed by atoms with van der Waals surface area (Å²) in [6.45, 7) is 4.83. The highest BCUT2D eigenvalue weighted by Gasteiger charge is 2.20. The largest absolute Gasteiger partial charge is 0.481 e. The van der Waals surface area contributed by atoms with Gasteiger partial charge in [0.1, 0.15) is 0 Å². The maximum atomic E-state index is 12.1. The van der Waals surface area contributed by atoms with Gasteiger partial charge in [0.2, 0.25) is 5.91 Å². The molecule has 0 radical (unpaired) electrons. The van der Waals surface area contributed by atoms with E-state index in [2.05, 4.69) is 5.32 Å². The first-order chi connectivity index (χ1) is 9.00. The number of rotatable bonds is 8. The van der Waals surface area contributed by atoms with Gasteiger partial charge in [0.15, 0.2) is 0 Å². The average Bonchev–Trinajstić information content (AvgIpc) is 2.84. The number of carbonyl (C=O) groups is 2. The van der Waals surface area contributed by atoms with E-state index in [0.717, 1.165) is 12.8 Å². The molecule has 0 atom stereocenters. The van der Waals surface area contributed by atoms with Crippen LogP contribution in [0, 0.1) is 0 Å². The molecule has 1 aliphatic carbocycles. The van der Waals surface area contributed by atoms with Gasteiger partial charge in [0.05, 0.1) is 6.54 Å². The smallest absolute Gasteiger partial charge is 0.303 e. The molecular formula is C14H26N2O3. The van der Waals surface area contributed by atoms with Crippen molar-refractivity contribution >= 4 is 11.9 Å². The lowest BCUT2D eigenvalue weighted by Crippen LogP contribution is -2.44. The summed E-state index contributed by atoms with van der Waals surface area (Å²) in [5.41, 5.74) is 0. The fourth-order valence-corrected chi connectivity index (χ4v) is 2.53. The SMILES string of the molecule is CC(C)N(CCCC(=O)O)C(=O)CNC1CCCC1. The zero-order chi connectivity index (χ0) is 14.3. The molecule has 1 saturated carbocycles. The van der Waals surface area contributed by atoms with Crippen molar-refractivity contribution in [1.29, 1.82) is 0 Å². The van der Waals surface area contributed by atoms with E-state index in [0.29, 0.717) is 25.6 Å². The molecule has 0 heterocycles. The third-order valence-electron chi connectivity index (χ3n) is 3.63. The predicted octanol–water partition coefficient (Wildman–Crippen LogP) is 1.62. The van der Waals surface area contributed by atoms with E-state index in [-0.39, 0.29) is 18.4 Å². The van der Waals surface area contributed by atoms with E-state index in [4.69, 9.17) is 5.11 Å². The van der Waals surface area contributed by atoms with Crippen LogP contribution < -0.4 is 5.32 Å². The van der Waals surface area contributed by atoms with Gasteiger partial charge in [-0.15, -0.1) is 0 Å². The molecule has 5 heteroatoms. The number of amides is 1. The van der Waals surface area contributed by atoms with Crippen molar-refractivity contribution in [2.24, 2.45) is 0 Å². The Morgan fingerprint density at radius 3 is 2.47 bits per heavy atom. The quantitative estimate of drug-likeness (QED) is 0.703. The lowest BCUT2D eigenvalue weighted by molar-refractivity contribution is -0.138. The average molecular weight is 270 g/mol. The molecule has 0 saturated heterocycles. The lowest BCUT2D eigenvalue weighted by Gasteiger charge is -2.27. The fraction of sp³-hybridized carbons (Fsp3) is 0.857. The van der Waals surface area contributed by atoms with E-state index >= 15 is 0 Å². The van der Waals surface area contributed by atoms with E-state index in [1.165, 1.54) is 12.8 Å². The summed E-state index contributed by atoms with van der Waals surface area (Å²) < 4.78 is 0. The lowest BCUT2D eigenvalue weighted by atomic mass is 10.2. The third-order valence-corrected chi connectivity index (χ3v) is 3.63. The van der Waals surface area contributed by atoms with Gasteiger partial charge in [-0.05, 0) is 33.1 Å². The van der Waals surface area contributed by atoms with Gasteiger partial charge in [-0.25, -0.2) is 0 Å². The van der Waals surface area contributed by atoms with Crippen LogP contribution >= 0.6 is 0 Å². The van der Waals surface area contributed by atoms with E-state index in [9.17, 15) is 9.59 Å². The minimum atomic E-state index is -0.805. The van der Waals surface area contributed by atoms with Crippen LogP contribution in [0.3, 0.4) is 0 Å². The number of hydrogen-bond acceptors (Lipinski definition) is 3. The zero-order valence-corrected chi connectivity index (χ0v) is 12.0. The molecular weight excluding hydrogens is 244 g/mol. The van der Waals surface area contributed by atoms with Crippen LogP contribution in [0.2, 0.25) is 0 Å². The zero-order valence-electron chi connectivity index (χ0n) is 12.0. The topological polar surface area (TPSA) is 69.6 Å². The summed E-state index contributed by atoms with van der Waals surface area (Å²) in [5, 5.41) is 11.9. The van der Waals surface area contributed by atoms with Crippen molar-refractivity contribution in [3.05, 3.63) is 0 Å². The van der Waals surface area contributed by atoms with Crippen molar-refractivity contribution in [2.75, 3.05) is 13.1 Å². The monoisotopic (exact) mass is 270 g/mol. The number of carbonyl (C=O) groups excluding carboxylic acids is 1. The van der Waals surface area contributed by atoms with Crippen LogP contribution in [0.5, 0.6) is 0 Å². The molecule has 0 aliphatic heterocycles. The molecule has 0 aromatic rings. The molecule has 19 heavy (non-hydrogen) atoms. The molecule has 0 aromatic heterocycles. The minimum Gasteiger partial charge on any atom is -0.481 e. The summed E-state index contributed by atoms with van der Waals surface area (Å²) in [4.78, 5) is 24.4. The maximum Gasteiger partial charge on any atom is 0.303 e. The Kier molecular flexibility index (Phi) is 6.84. The van der Waals surface area contributed by atoms with E-state index in [1.807, 2.05) is 13.8 Å². The van der Waals surface area contributed by atoms with Crippen LogP contribution in [0.4, 0.5) is 0 Å². The van der Waals surface area contributed by atoms with Crippen LogP contribution in [0.15, 0.2) is 0 Å². The van der Waals surface area contributed by atoms with E-state index < -0.39 is 5.97 Å².